The molecule has 0 amide bonds. The Bertz CT molecular complexity index is 440. The Labute approximate surface area is 114 Å². The Morgan fingerprint density at radius 3 is 2.84 bits per heavy atom. The molecule has 104 valence electrons. The Morgan fingerprint density at radius 1 is 1.21 bits per heavy atom. The van der Waals surface area contributed by atoms with Crippen molar-refractivity contribution in [3.05, 3.63) is 29.6 Å². The van der Waals surface area contributed by atoms with Crippen LogP contribution >= 0.6 is 0 Å². The molecule has 1 saturated carbocycles. The van der Waals surface area contributed by atoms with E-state index in [-0.39, 0.29) is 5.82 Å². The van der Waals surface area contributed by atoms with Crippen molar-refractivity contribution < 1.29 is 4.39 Å². The zero-order valence-electron chi connectivity index (χ0n) is 11.6. The second-order valence-electron chi connectivity index (χ2n) is 6.01. The lowest BCUT2D eigenvalue weighted by Crippen LogP contribution is -2.38. The topological polar surface area (TPSA) is 24.1 Å². The van der Waals surface area contributed by atoms with Crippen molar-refractivity contribution in [2.75, 3.05) is 11.9 Å². The maximum Gasteiger partial charge on any atom is 0.123 e. The molecule has 1 aliphatic heterocycles. The van der Waals surface area contributed by atoms with Crippen LogP contribution in [0.5, 0.6) is 0 Å². The fraction of sp³-hybridized carbons (Fsp3) is 0.625. The van der Waals surface area contributed by atoms with E-state index in [0.717, 1.165) is 17.2 Å². The molecule has 1 saturated heterocycles. The van der Waals surface area contributed by atoms with Gasteiger partial charge in [-0.05, 0) is 68.8 Å². The Morgan fingerprint density at radius 2 is 2.11 bits per heavy atom. The summed E-state index contributed by atoms with van der Waals surface area (Å²) in [6.07, 6.45) is 6.48. The molecule has 0 spiro atoms. The van der Waals surface area contributed by atoms with E-state index >= 15 is 0 Å². The van der Waals surface area contributed by atoms with E-state index in [0.29, 0.717) is 12.1 Å². The van der Waals surface area contributed by atoms with Gasteiger partial charge < -0.3 is 10.6 Å². The Hall–Kier alpha value is -1.09. The highest BCUT2D eigenvalue weighted by molar-refractivity contribution is 5.51. The van der Waals surface area contributed by atoms with Crippen LogP contribution in [0.4, 0.5) is 10.1 Å². The molecule has 0 aromatic heterocycles. The highest BCUT2D eigenvalue weighted by Gasteiger charge is 2.34. The van der Waals surface area contributed by atoms with Crippen LogP contribution in [-0.4, -0.2) is 18.6 Å². The molecule has 1 heterocycles. The van der Waals surface area contributed by atoms with Crippen molar-refractivity contribution in [3.63, 3.8) is 0 Å². The van der Waals surface area contributed by atoms with Crippen LogP contribution in [0.15, 0.2) is 18.2 Å². The molecule has 1 aromatic rings. The summed E-state index contributed by atoms with van der Waals surface area (Å²) in [7, 11) is 0. The van der Waals surface area contributed by atoms with Gasteiger partial charge >= 0.3 is 0 Å². The minimum absolute atomic E-state index is 0.150. The van der Waals surface area contributed by atoms with Crippen LogP contribution in [0.25, 0.3) is 0 Å². The fourth-order valence-electron chi connectivity index (χ4n) is 3.72. The van der Waals surface area contributed by atoms with Gasteiger partial charge in [-0.15, -0.1) is 0 Å². The lowest BCUT2D eigenvalue weighted by Gasteiger charge is -2.28. The molecule has 0 radical (unpaired) electrons. The molecule has 0 bridgehead atoms. The van der Waals surface area contributed by atoms with Gasteiger partial charge in [0.25, 0.3) is 0 Å². The lowest BCUT2D eigenvalue weighted by atomic mass is 9.93. The Balaban J connectivity index is 1.70. The van der Waals surface area contributed by atoms with E-state index in [1.165, 1.54) is 38.6 Å². The maximum atomic E-state index is 13.1. The smallest absolute Gasteiger partial charge is 0.123 e. The van der Waals surface area contributed by atoms with Gasteiger partial charge in [0.2, 0.25) is 0 Å². The van der Waals surface area contributed by atoms with Crippen molar-refractivity contribution in [1.29, 1.82) is 0 Å². The average molecular weight is 262 g/mol. The number of aryl methyl sites for hydroxylation is 1. The van der Waals surface area contributed by atoms with Crippen molar-refractivity contribution in [2.24, 2.45) is 5.92 Å². The van der Waals surface area contributed by atoms with Crippen molar-refractivity contribution in [2.45, 2.75) is 51.1 Å². The maximum absolute atomic E-state index is 13.1. The molecule has 2 fully saturated rings. The average Bonchev–Trinajstić information content (AvgIpc) is 3.03. The van der Waals surface area contributed by atoms with E-state index in [1.54, 1.807) is 12.1 Å². The zero-order valence-corrected chi connectivity index (χ0v) is 11.6. The summed E-state index contributed by atoms with van der Waals surface area (Å²) in [5, 5.41) is 7.29. The molecule has 1 aliphatic carbocycles. The number of hydrogen-bond acceptors (Lipinski definition) is 2. The zero-order chi connectivity index (χ0) is 13.2. The van der Waals surface area contributed by atoms with E-state index in [9.17, 15) is 4.39 Å². The van der Waals surface area contributed by atoms with Gasteiger partial charge in [-0.1, -0.05) is 6.42 Å². The van der Waals surface area contributed by atoms with Gasteiger partial charge in [-0.3, -0.25) is 0 Å². The highest BCUT2D eigenvalue weighted by atomic mass is 19.1. The molecule has 2 aliphatic rings. The number of anilines is 1. The predicted molar refractivity (Wildman–Crippen MR) is 76.9 cm³/mol. The summed E-state index contributed by atoms with van der Waals surface area (Å²) in [5.74, 6) is 0.579. The van der Waals surface area contributed by atoms with Gasteiger partial charge in [0.1, 0.15) is 5.82 Å². The van der Waals surface area contributed by atoms with Crippen LogP contribution in [0.2, 0.25) is 0 Å². The normalized spacial score (nSPS) is 30.7. The summed E-state index contributed by atoms with van der Waals surface area (Å²) >= 11 is 0. The second kappa shape index (κ2) is 5.49. The van der Waals surface area contributed by atoms with Crippen molar-refractivity contribution in [1.82, 2.24) is 5.32 Å². The van der Waals surface area contributed by atoms with E-state index in [1.807, 2.05) is 13.0 Å². The summed E-state index contributed by atoms with van der Waals surface area (Å²) in [6.45, 7) is 3.15. The number of rotatable bonds is 3. The molecule has 3 atom stereocenters. The molecule has 2 N–H and O–H groups in total. The number of benzene rings is 1. The van der Waals surface area contributed by atoms with E-state index < -0.39 is 0 Å². The number of hydrogen-bond donors (Lipinski definition) is 2. The second-order valence-corrected chi connectivity index (χ2v) is 6.01. The first kappa shape index (κ1) is 12.9. The minimum Gasteiger partial charge on any atom is -0.382 e. The van der Waals surface area contributed by atoms with Crippen LogP contribution in [-0.2, 0) is 0 Å². The third-order valence-corrected chi connectivity index (χ3v) is 4.71. The van der Waals surface area contributed by atoms with E-state index in [2.05, 4.69) is 10.6 Å². The van der Waals surface area contributed by atoms with Crippen LogP contribution in [0.1, 0.15) is 37.7 Å². The van der Waals surface area contributed by atoms with Crippen LogP contribution < -0.4 is 10.6 Å². The molecule has 3 heteroatoms. The van der Waals surface area contributed by atoms with Crippen molar-refractivity contribution >= 4 is 5.69 Å². The number of nitrogens with one attached hydrogen (secondary N) is 2. The third-order valence-electron chi connectivity index (χ3n) is 4.71. The number of halogens is 1. The third kappa shape index (κ3) is 2.76. The minimum atomic E-state index is -0.150. The largest absolute Gasteiger partial charge is 0.382 e. The quantitative estimate of drug-likeness (QED) is 0.871. The van der Waals surface area contributed by atoms with E-state index in [4.69, 9.17) is 0 Å². The first-order valence-corrected chi connectivity index (χ1v) is 7.50. The molecule has 2 nitrogen and oxygen atoms in total. The van der Waals surface area contributed by atoms with Crippen molar-refractivity contribution in [3.8, 4) is 0 Å². The van der Waals surface area contributed by atoms with Crippen LogP contribution in [0.3, 0.4) is 0 Å². The van der Waals surface area contributed by atoms with Gasteiger partial charge in [0.05, 0.1) is 0 Å². The predicted octanol–water partition coefficient (Wildman–Crippen LogP) is 3.47. The lowest BCUT2D eigenvalue weighted by molar-refractivity contribution is 0.376. The fourth-order valence-corrected chi connectivity index (χ4v) is 3.72. The molecule has 3 unspecified atom stereocenters. The summed E-state index contributed by atoms with van der Waals surface area (Å²) in [5.41, 5.74) is 2.10. The molecule has 19 heavy (non-hydrogen) atoms. The molecular weight excluding hydrogens is 239 g/mol. The van der Waals surface area contributed by atoms with Gasteiger partial charge in [0, 0.05) is 17.8 Å². The van der Waals surface area contributed by atoms with Crippen LogP contribution in [0, 0.1) is 18.7 Å². The first-order valence-electron chi connectivity index (χ1n) is 7.50. The molecule has 1 aromatic carbocycles. The van der Waals surface area contributed by atoms with Gasteiger partial charge in [-0.2, -0.15) is 0 Å². The van der Waals surface area contributed by atoms with Gasteiger partial charge in [-0.25, -0.2) is 4.39 Å². The standard InChI is InChI=1S/C16H23FN2/c1-11-10-12(17)7-8-14(11)19-16-5-2-4-13(16)15-6-3-9-18-15/h7-8,10,13,15-16,18-19H,2-6,9H2,1H3. The summed E-state index contributed by atoms with van der Waals surface area (Å²) < 4.78 is 13.1. The monoisotopic (exact) mass is 262 g/mol. The van der Waals surface area contributed by atoms with Gasteiger partial charge in [0.15, 0.2) is 0 Å². The first-order chi connectivity index (χ1) is 9.24. The summed E-state index contributed by atoms with van der Waals surface area (Å²) in [6, 6.07) is 6.26. The summed E-state index contributed by atoms with van der Waals surface area (Å²) in [4.78, 5) is 0. The molecule has 3 rings (SSSR count). The SMILES string of the molecule is Cc1cc(F)ccc1NC1CCCC1C1CCCN1. The Kier molecular flexibility index (Phi) is 3.74. The highest BCUT2D eigenvalue weighted by Crippen LogP contribution is 2.34. The molecular formula is C16H23FN2.